The second-order valence-electron chi connectivity index (χ2n) is 5.44. The molecule has 0 bridgehead atoms. The predicted octanol–water partition coefficient (Wildman–Crippen LogP) is 2.78. The van der Waals surface area contributed by atoms with Crippen LogP contribution in [0.4, 0.5) is 0 Å². The number of ether oxygens (including phenoxy) is 2. The number of amides is 1. The van der Waals surface area contributed by atoms with Crippen molar-refractivity contribution in [2.24, 2.45) is 0 Å². The topological polar surface area (TPSA) is 81.7 Å². The van der Waals surface area contributed by atoms with Gasteiger partial charge in [0.25, 0.3) is 5.91 Å². The van der Waals surface area contributed by atoms with E-state index in [9.17, 15) is 14.4 Å². The van der Waals surface area contributed by atoms with Crippen LogP contribution in [0.25, 0.3) is 0 Å². The van der Waals surface area contributed by atoms with Crippen LogP contribution in [-0.4, -0.2) is 30.9 Å². The molecule has 0 heterocycles. The number of benzene rings is 2. The molecule has 2 aromatic rings. The first kappa shape index (κ1) is 19.5. The molecule has 0 fully saturated rings. The number of halogens is 1. The van der Waals surface area contributed by atoms with E-state index >= 15 is 0 Å². The zero-order chi connectivity index (χ0) is 18.9. The number of Topliss-reactive ketones (excluding diaryl/α,β-unsaturated/α-hetero) is 1. The quantitative estimate of drug-likeness (QED) is 0.566. The van der Waals surface area contributed by atoms with Gasteiger partial charge in [0.1, 0.15) is 5.75 Å². The third-order valence-corrected chi connectivity index (χ3v) is 3.60. The predicted molar refractivity (Wildman–Crippen MR) is 96.2 cm³/mol. The van der Waals surface area contributed by atoms with Gasteiger partial charge in [0.15, 0.2) is 19.0 Å². The molecule has 6 nitrogen and oxygen atoms in total. The first-order valence-corrected chi connectivity index (χ1v) is 8.22. The van der Waals surface area contributed by atoms with Crippen molar-refractivity contribution in [1.82, 2.24) is 5.32 Å². The normalized spacial score (nSPS) is 10.1. The maximum Gasteiger partial charge on any atom is 0.344 e. The molecule has 26 heavy (non-hydrogen) atoms. The van der Waals surface area contributed by atoms with Crippen LogP contribution in [0.15, 0.2) is 48.5 Å². The van der Waals surface area contributed by atoms with Gasteiger partial charge >= 0.3 is 5.97 Å². The molecule has 0 radical (unpaired) electrons. The monoisotopic (exact) mass is 375 g/mol. The first-order chi connectivity index (χ1) is 12.4. The Morgan fingerprint density at radius 1 is 1.04 bits per heavy atom. The lowest BCUT2D eigenvalue weighted by Gasteiger charge is -2.08. The summed E-state index contributed by atoms with van der Waals surface area (Å²) in [5, 5.41) is 3.20. The second-order valence-corrected chi connectivity index (χ2v) is 5.87. The molecule has 0 atom stereocenters. The van der Waals surface area contributed by atoms with Crippen molar-refractivity contribution in [2.45, 2.75) is 13.5 Å². The molecule has 0 spiro atoms. The van der Waals surface area contributed by atoms with E-state index in [0.717, 1.165) is 5.56 Å². The standard InChI is InChI=1S/C19H18ClNO5/c1-13(22)15-5-7-17(8-6-15)25-12-19(24)26-11-18(23)21-10-14-3-2-4-16(20)9-14/h2-9H,10-12H2,1H3,(H,21,23). The van der Waals surface area contributed by atoms with E-state index in [4.69, 9.17) is 21.1 Å². The van der Waals surface area contributed by atoms with Crippen molar-refractivity contribution < 1.29 is 23.9 Å². The molecule has 0 saturated heterocycles. The fraction of sp³-hybridized carbons (Fsp3) is 0.211. The van der Waals surface area contributed by atoms with Gasteiger partial charge in [-0.05, 0) is 48.9 Å². The Hall–Kier alpha value is -2.86. The van der Waals surface area contributed by atoms with Gasteiger partial charge in [-0.25, -0.2) is 4.79 Å². The van der Waals surface area contributed by atoms with Crippen LogP contribution in [0.5, 0.6) is 5.75 Å². The zero-order valence-electron chi connectivity index (χ0n) is 14.2. The van der Waals surface area contributed by atoms with E-state index in [1.807, 2.05) is 6.07 Å². The molecule has 0 aliphatic rings. The maximum absolute atomic E-state index is 11.7. The molecule has 0 saturated carbocycles. The van der Waals surface area contributed by atoms with E-state index in [-0.39, 0.29) is 18.9 Å². The van der Waals surface area contributed by atoms with E-state index in [0.29, 0.717) is 16.3 Å². The molecule has 136 valence electrons. The summed E-state index contributed by atoms with van der Waals surface area (Å²) in [7, 11) is 0. The number of hydrogen-bond acceptors (Lipinski definition) is 5. The van der Waals surface area contributed by atoms with Crippen molar-refractivity contribution in [3.63, 3.8) is 0 Å². The van der Waals surface area contributed by atoms with Crippen LogP contribution in [0.3, 0.4) is 0 Å². The van der Waals surface area contributed by atoms with Crippen molar-refractivity contribution >= 4 is 29.3 Å². The van der Waals surface area contributed by atoms with Crippen molar-refractivity contribution in [3.05, 3.63) is 64.7 Å². The minimum absolute atomic E-state index is 0.0558. The third kappa shape index (κ3) is 6.57. The summed E-state index contributed by atoms with van der Waals surface area (Å²) in [5.41, 5.74) is 1.39. The highest BCUT2D eigenvalue weighted by Gasteiger charge is 2.09. The lowest BCUT2D eigenvalue weighted by Crippen LogP contribution is -2.29. The van der Waals surface area contributed by atoms with Crippen molar-refractivity contribution in [3.8, 4) is 5.75 Å². The molecule has 2 aromatic carbocycles. The Morgan fingerprint density at radius 3 is 2.42 bits per heavy atom. The smallest absolute Gasteiger partial charge is 0.344 e. The highest BCUT2D eigenvalue weighted by molar-refractivity contribution is 6.30. The molecule has 2 rings (SSSR count). The van der Waals surface area contributed by atoms with Crippen LogP contribution in [0, 0.1) is 0 Å². The van der Waals surface area contributed by atoms with Crippen molar-refractivity contribution in [1.29, 1.82) is 0 Å². The number of carbonyl (C=O) groups excluding carboxylic acids is 3. The number of carbonyl (C=O) groups is 3. The van der Waals surface area contributed by atoms with Gasteiger partial charge < -0.3 is 14.8 Å². The van der Waals surface area contributed by atoms with Gasteiger partial charge in [-0.3, -0.25) is 9.59 Å². The third-order valence-electron chi connectivity index (χ3n) is 3.36. The summed E-state index contributed by atoms with van der Waals surface area (Å²) in [6.07, 6.45) is 0. The second kappa shape index (κ2) is 9.58. The number of hydrogen-bond donors (Lipinski definition) is 1. The Bertz CT molecular complexity index is 789. The van der Waals surface area contributed by atoms with Gasteiger partial charge in [0, 0.05) is 17.1 Å². The maximum atomic E-state index is 11.7. The van der Waals surface area contributed by atoms with Crippen LogP contribution in [-0.2, 0) is 20.9 Å². The average Bonchev–Trinajstić information content (AvgIpc) is 2.63. The first-order valence-electron chi connectivity index (χ1n) is 7.84. The molecule has 0 aliphatic heterocycles. The van der Waals surface area contributed by atoms with E-state index < -0.39 is 18.5 Å². The minimum atomic E-state index is -0.668. The molecule has 1 amide bonds. The molecule has 7 heteroatoms. The number of esters is 1. The summed E-state index contributed by atoms with van der Waals surface area (Å²) < 4.78 is 10.1. The molecular formula is C19H18ClNO5. The molecule has 0 aromatic heterocycles. The number of nitrogens with one attached hydrogen (secondary N) is 1. The van der Waals surface area contributed by atoms with Crippen LogP contribution >= 0.6 is 11.6 Å². The van der Waals surface area contributed by atoms with Crippen LogP contribution in [0.1, 0.15) is 22.8 Å². The highest BCUT2D eigenvalue weighted by atomic mass is 35.5. The molecule has 0 unspecified atom stereocenters. The van der Waals surface area contributed by atoms with E-state index in [1.54, 1.807) is 42.5 Å². The number of rotatable bonds is 8. The summed E-state index contributed by atoms with van der Waals surface area (Å²) in [6.45, 7) is 1.02. The summed E-state index contributed by atoms with van der Waals surface area (Å²) in [4.78, 5) is 34.5. The van der Waals surface area contributed by atoms with Gasteiger partial charge in [-0.15, -0.1) is 0 Å². The van der Waals surface area contributed by atoms with E-state index in [1.165, 1.54) is 6.92 Å². The van der Waals surface area contributed by atoms with Crippen LogP contribution < -0.4 is 10.1 Å². The zero-order valence-corrected chi connectivity index (χ0v) is 14.9. The van der Waals surface area contributed by atoms with Gasteiger partial charge in [-0.1, -0.05) is 23.7 Å². The lowest BCUT2D eigenvalue weighted by atomic mass is 10.1. The number of ketones is 1. The Kier molecular flexibility index (Phi) is 7.17. The SMILES string of the molecule is CC(=O)c1ccc(OCC(=O)OCC(=O)NCc2cccc(Cl)c2)cc1. The van der Waals surface area contributed by atoms with Crippen molar-refractivity contribution in [2.75, 3.05) is 13.2 Å². The highest BCUT2D eigenvalue weighted by Crippen LogP contribution is 2.12. The van der Waals surface area contributed by atoms with Crippen LogP contribution in [0.2, 0.25) is 5.02 Å². The lowest BCUT2D eigenvalue weighted by molar-refractivity contribution is -0.150. The fourth-order valence-corrected chi connectivity index (χ4v) is 2.23. The molecule has 0 aliphatic carbocycles. The average molecular weight is 376 g/mol. The van der Waals surface area contributed by atoms with Gasteiger partial charge in [-0.2, -0.15) is 0 Å². The largest absolute Gasteiger partial charge is 0.482 e. The Morgan fingerprint density at radius 2 is 1.77 bits per heavy atom. The molecular weight excluding hydrogens is 358 g/mol. The summed E-state index contributed by atoms with van der Waals surface area (Å²) in [5.74, 6) is -0.722. The van der Waals surface area contributed by atoms with E-state index in [2.05, 4.69) is 5.32 Å². The summed E-state index contributed by atoms with van der Waals surface area (Å²) in [6, 6.07) is 13.5. The fourth-order valence-electron chi connectivity index (χ4n) is 2.01. The Balaban J connectivity index is 1.67. The summed E-state index contributed by atoms with van der Waals surface area (Å²) >= 11 is 5.86. The minimum Gasteiger partial charge on any atom is -0.482 e. The van der Waals surface area contributed by atoms with Gasteiger partial charge in [0.2, 0.25) is 0 Å². The Labute approximate surface area is 156 Å². The molecule has 1 N–H and O–H groups in total. The van der Waals surface area contributed by atoms with Gasteiger partial charge in [0.05, 0.1) is 0 Å².